The Morgan fingerprint density at radius 3 is 2.53 bits per heavy atom. The molecule has 3 amide bonds. The van der Waals surface area contributed by atoms with E-state index in [2.05, 4.69) is 5.32 Å². The second kappa shape index (κ2) is 5.19. The van der Waals surface area contributed by atoms with Gasteiger partial charge in [0.15, 0.2) is 0 Å². The van der Waals surface area contributed by atoms with E-state index in [1.807, 2.05) is 0 Å². The van der Waals surface area contributed by atoms with E-state index in [1.54, 1.807) is 24.3 Å². The van der Waals surface area contributed by atoms with Crippen LogP contribution in [0.25, 0.3) is 0 Å². The molecule has 1 aliphatic rings. The topological polar surface area (TPSA) is 92.5 Å². The van der Waals surface area contributed by atoms with E-state index >= 15 is 0 Å². The van der Waals surface area contributed by atoms with Crippen molar-refractivity contribution in [2.45, 2.75) is 25.8 Å². The summed E-state index contributed by atoms with van der Waals surface area (Å²) < 4.78 is 0. The Labute approximate surface area is 110 Å². The monoisotopic (exact) mass is 261 g/mol. The van der Waals surface area contributed by atoms with E-state index in [0.29, 0.717) is 17.8 Å². The number of hydrogen-bond donors (Lipinski definition) is 2. The molecule has 0 aromatic heterocycles. The summed E-state index contributed by atoms with van der Waals surface area (Å²) >= 11 is 0. The van der Waals surface area contributed by atoms with Crippen molar-refractivity contribution in [3.63, 3.8) is 0 Å². The maximum absolute atomic E-state index is 11.9. The molecule has 3 N–H and O–H groups in total. The summed E-state index contributed by atoms with van der Waals surface area (Å²) in [6, 6.07) is 5.86. The average molecular weight is 261 g/mol. The quantitative estimate of drug-likeness (QED) is 0.763. The van der Waals surface area contributed by atoms with Gasteiger partial charge in [-0.2, -0.15) is 0 Å². The number of nitrogens with one attached hydrogen (secondary N) is 1. The highest BCUT2D eigenvalue weighted by molar-refractivity contribution is 6.18. The molecule has 1 fully saturated rings. The van der Waals surface area contributed by atoms with Crippen molar-refractivity contribution in [1.29, 1.82) is 0 Å². The molecule has 2 rings (SSSR count). The van der Waals surface area contributed by atoms with Gasteiger partial charge < -0.3 is 11.1 Å². The molecule has 1 atom stereocenters. The summed E-state index contributed by atoms with van der Waals surface area (Å²) in [5.41, 5.74) is 6.74. The Balaban J connectivity index is 2.23. The van der Waals surface area contributed by atoms with Gasteiger partial charge in [-0.15, -0.1) is 0 Å². The van der Waals surface area contributed by atoms with Crippen LogP contribution in [0, 0.1) is 0 Å². The summed E-state index contributed by atoms with van der Waals surface area (Å²) in [5.74, 6) is -0.817. The van der Waals surface area contributed by atoms with Gasteiger partial charge in [0, 0.05) is 19.0 Å². The largest absolute Gasteiger partial charge is 0.326 e. The highest BCUT2D eigenvalue weighted by Gasteiger charge is 2.32. The molecule has 1 aromatic carbocycles. The van der Waals surface area contributed by atoms with Crippen molar-refractivity contribution in [3.05, 3.63) is 24.3 Å². The molecule has 0 saturated carbocycles. The third kappa shape index (κ3) is 2.79. The van der Waals surface area contributed by atoms with Crippen molar-refractivity contribution in [2.75, 3.05) is 10.2 Å². The summed E-state index contributed by atoms with van der Waals surface area (Å²) in [4.78, 5) is 35.7. The first-order valence-electron chi connectivity index (χ1n) is 5.99. The van der Waals surface area contributed by atoms with Crippen molar-refractivity contribution >= 4 is 29.1 Å². The predicted octanol–water partition coefficient (Wildman–Crippen LogP) is 0.626. The Bertz CT molecular complexity index is 524. The summed E-state index contributed by atoms with van der Waals surface area (Å²) in [7, 11) is 0. The number of nitrogens with two attached hydrogens (primary N) is 1. The number of nitrogens with zero attached hydrogens (tertiary/aromatic N) is 1. The summed E-state index contributed by atoms with van der Waals surface area (Å²) in [6.45, 7) is 1.41. The summed E-state index contributed by atoms with van der Waals surface area (Å²) in [5, 5.41) is 2.61. The summed E-state index contributed by atoms with van der Waals surface area (Å²) in [6.07, 6.45) is 0.651. The minimum atomic E-state index is -0.632. The molecular weight excluding hydrogens is 246 g/mol. The molecule has 0 bridgehead atoms. The molecule has 0 radical (unpaired) electrons. The number of carbonyl (C=O) groups excluding carboxylic acids is 3. The number of amides is 3. The zero-order chi connectivity index (χ0) is 14.0. The second-order valence-electron chi connectivity index (χ2n) is 4.44. The second-order valence-corrected chi connectivity index (χ2v) is 4.44. The number of benzene rings is 1. The molecule has 1 aliphatic heterocycles. The standard InChI is InChI=1S/C13H15N3O3/c1-8(17)15-9-2-4-10(5-3-9)16-12(18)7-6-11(14)13(16)19/h2-5,11H,6-7,14H2,1H3,(H,15,17)/t11-/m0/s1. The molecule has 0 aliphatic carbocycles. The van der Waals surface area contributed by atoms with E-state index in [9.17, 15) is 14.4 Å². The zero-order valence-corrected chi connectivity index (χ0v) is 10.6. The fourth-order valence-corrected chi connectivity index (χ4v) is 1.97. The van der Waals surface area contributed by atoms with Crippen LogP contribution in [0.4, 0.5) is 11.4 Å². The van der Waals surface area contributed by atoms with Crippen LogP contribution < -0.4 is 16.0 Å². The smallest absolute Gasteiger partial charge is 0.250 e. The highest BCUT2D eigenvalue weighted by Crippen LogP contribution is 2.23. The third-order valence-corrected chi connectivity index (χ3v) is 2.90. The zero-order valence-electron chi connectivity index (χ0n) is 10.6. The maximum atomic E-state index is 11.9. The van der Waals surface area contributed by atoms with Gasteiger partial charge in [-0.05, 0) is 30.7 Å². The molecule has 1 aromatic rings. The number of piperidine rings is 1. The SMILES string of the molecule is CC(=O)Nc1ccc(N2C(=O)CC[C@H](N)C2=O)cc1. The lowest BCUT2D eigenvalue weighted by Crippen LogP contribution is -2.51. The van der Waals surface area contributed by atoms with E-state index in [-0.39, 0.29) is 24.1 Å². The first kappa shape index (κ1) is 13.2. The van der Waals surface area contributed by atoms with Gasteiger partial charge in [0.25, 0.3) is 5.91 Å². The van der Waals surface area contributed by atoms with E-state index in [1.165, 1.54) is 6.92 Å². The van der Waals surface area contributed by atoms with Gasteiger partial charge in [0.05, 0.1) is 11.7 Å². The van der Waals surface area contributed by atoms with Crippen molar-refractivity contribution in [3.8, 4) is 0 Å². The fourth-order valence-electron chi connectivity index (χ4n) is 1.97. The Morgan fingerprint density at radius 2 is 1.95 bits per heavy atom. The first-order valence-corrected chi connectivity index (χ1v) is 5.99. The van der Waals surface area contributed by atoms with Crippen LogP contribution in [0.5, 0.6) is 0 Å². The van der Waals surface area contributed by atoms with Crippen LogP contribution in [0.1, 0.15) is 19.8 Å². The molecule has 1 heterocycles. The number of rotatable bonds is 2. The van der Waals surface area contributed by atoms with Crippen LogP contribution >= 0.6 is 0 Å². The number of imide groups is 1. The molecule has 6 heteroatoms. The molecule has 0 unspecified atom stereocenters. The van der Waals surface area contributed by atoms with E-state index in [4.69, 9.17) is 5.73 Å². The molecule has 19 heavy (non-hydrogen) atoms. The minimum absolute atomic E-state index is 0.181. The van der Waals surface area contributed by atoms with E-state index in [0.717, 1.165) is 4.90 Å². The normalized spacial score (nSPS) is 19.5. The Morgan fingerprint density at radius 1 is 1.32 bits per heavy atom. The van der Waals surface area contributed by atoms with Crippen molar-refractivity contribution < 1.29 is 14.4 Å². The first-order chi connectivity index (χ1) is 8.99. The molecular formula is C13H15N3O3. The van der Waals surface area contributed by atoms with Gasteiger partial charge in [-0.25, -0.2) is 4.90 Å². The highest BCUT2D eigenvalue weighted by atomic mass is 16.2. The molecule has 0 spiro atoms. The number of hydrogen-bond acceptors (Lipinski definition) is 4. The average Bonchev–Trinajstić information content (AvgIpc) is 2.36. The van der Waals surface area contributed by atoms with Crippen molar-refractivity contribution in [1.82, 2.24) is 0 Å². The van der Waals surface area contributed by atoms with Crippen LogP contribution in [-0.2, 0) is 14.4 Å². The predicted molar refractivity (Wildman–Crippen MR) is 70.4 cm³/mol. The number of carbonyl (C=O) groups is 3. The van der Waals surface area contributed by atoms with E-state index < -0.39 is 6.04 Å². The number of anilines is 2. The minimum Gasteiger partial charge on any atom is -0.326 e. The maximum Gasteiger partial charge on any atom is 0.250 e. The van der Waals surface area contributed by atoms with Crippen molar-refractivity contribution in [2.24, 2.45) is 5.73 Å². The third-order valence-electron chi connectivity index (χ3n) is 2.90. The van der Waals surface area contributed by atoms with Crippen LogP contribution in [0.3, 0.4) is 0 Å². The molecule has 6 nitrogen and oxygen atoms in total. The van der Waals surface area contributed by atoms with Gasteiger partial charge in [-0.1, -0.05) is 0 Å². The van der Waals surface area contributed by atoms with Gasteiger partial charge in [-0.3, -0.25) is 14.4 Å². The lowest BCUT2D eigenvalue weighted by atomic mass is 10.0. The van der Waals surface area contributed by atoms with Gasteiger partial charge in [0.2, 0.25) is 11.8 Å². The molecule has 100 valence electrons. The Hall–Kier alpha value is -2.21. The van der Waals surface area contributed by atoms with Gasteiger partial charge >= 0.3 is 0 Å². The van der Waals surface area contributed by atoms with Crippen LogP contribution in [-0.4, -0.2) is 23.8 Å². The van der Waals surface area contributed by atoms with Gasteiger partial charge in [0.1, 0.15) is 0 Å². The lowest BCUT2D eigenvalue weighted by molar-refractivity contribution is -0.130. The lowest BCUT2D eigenvalue weighted by Gasteiger charge is -2.28. The van der Waals surface area contributed by atoms with Crippen LogP contribution in [0.2, 0.25) is 0 Å². The molecule has 1 saturated heterocycles. The Kier molecular flexibility index (Phi) is 3.62. The van der Waals surface area contributed by atoms with Crippen LogP contribution in [0.15, 0.2) is 24.3 Å². The fraction of sp³-hybridized carbons (Fsp3) is 0.308.